The number of aliphatic hydroxyl groups excluding tert-OH is 2. The highest BCUT2D eigenvalue weighted by Crippen LogP contribution is 2.43. The summed E-state index contributed by atoms with van der Waals surface area (Å²) in [5.74, 6) is -5.86. The van der Waals surface area contributed by atoms with Gasteiger partial charge in [0.1, 0.15) is 40.4 Å². The molecule has 1 saturated heterocycles. The third-order valence-electron chi connectivity index (χ3n) is 6.83. The first-order chi connectivity index (χ1) is 20.8. The molecule has 1 fully saturated rings. The van der Waals surface area contributed by atoms with Crippen molar-refractivity contribution < 1.29 is 64.3 Å². The molecule has 1 aromatic heterocycles. The number of aliphatic hydroxyl groups is 2. The van der Waals surface area contributed by atoms with Crippen LogP contribution >= 0.6 is 0 Å². The maximum absolute atomic E-state index is 13.7. The van der Waals surface area contributed by atoms with E-state index in [1.165, 1.54) is 37.3 Å². The van der Waals surface area contributed by atoms with E-state index in [2.05, 4.69) is 0 Å². The second kappa shape index (κ2) is 11.7. The Bertz CT molecular complexity index is 1790. The summed E-state index contributed by atoms with van der Waals surface area (Å²) in [6.45, 7) is 1.38. The number of carbonyl (C=O) groups excluding carboxylic acids is 1. The van der Waals surface area contributed by atoms with Gasteiger partial charge in [-0.3, -0.25) is 4.79 Å². The van der Waals surface area contributed by atoms with Crippen molar-refractivity contribution in [1.82, 2.24) is 0 Å². The van der Waals surface area contributed by atoms with Crippen LogP contribution < -0.4 is 10.2 Å². The van der Waals surface area contributed by atoms with E-state index < -0.39 is 87.7 Å². The number of phenols is 6. The Labute approximate surface area is 247 Å². The predicted molar refractivity (Wildman–Crippen MR) is 150 cm³/mol. The van der Waals surface area contributed by atoms with E-state index >= 15 is 0 Å². The second-order valence-corrected chi connectivity index (χ2v) is 9.93. The Morgan fingerprint density at radius 2 is 1.52 bits per heavy atom. The second-order valence-electron chi connectivity index (χ2n) is 9.93. The lowest BCUT2D eigenvalue weighted by Gasteiger charge is -2.40. The molecule has 2 heterocycles. The first-order valence-corrected chi connectivity index (χ1v) is 13.0. The van der Waals surface area contributed by atoms with Crippen molar-refractivity contribution in [3.63, 3.8) is 0 Å². The van der Waals surface area contributed by atoms with Gasteiger partial charge >= 0.3 is 5.97 Å². The number of benzene rings is 3. The minimum Gasteiger partial charge on any atom is -0.508 e. The van der Waals surface area contributed by atoms with Crippen molar-refractivity contribution in [2.45, 2.75) is 37.6 Å². The van der Waals surface area contributed by atoms with E-state index in [1.807, 2.05) is 0 Å². The van der Waals surface area contributed by atoms with E-state index in [0.717, 1.165) is 30.3 Å². The summed E-state index contributed by atoms with van der Waals surface area (Å²) in [7, 11) is 0. The van der Waals surface area contributed by atoms with E-state index in [0.29, 0.717) is 5.56 Å². The third kappa shape index (κ3) is 5.76. The van der Waals surface area contributed by atoms with Crippen LogP contribution in [-0.2, 0) is 14.3 Å². The fourth-order valence-corrected chi connectivity index (χ4v) is 4.56. The first kappa shape index (κ1) is 30.0. The minimum absolute atomic E-state index is 0.00990. The van der Waals surface area contributed by atoms with Gasteiger partial charge in [0.05, 0.1) is 6.10 Å². The monoisotopic (exact) mass is 610 g/mol. The van der Waals surface area contributed by atoms with E-state index in [1.54, 1.807) is 0 Å². The molecule has 0 radical (unpaired) electrons. The zero-order valence-electron chi connectivity index (χ0n) is 22.7. The molecular weight excluding hydrogens is 584 g/mol. The summed E-state index contributed by atoms with van der Waals surface area (Å²) in [4.78, 5) is 26.4. The lowest BCUT2D eigenvalue weighted by Crippen LogP contribution is -2.59. The molecule has 0 saturated carbocycles. The summed E-state index contributed by atoms with van der Waals surface area (Å²) >= 11 is 0. The van der Waals surface area contributed by atoms with Gasteiger partial charge in [0.2, 0.25) is 17.5 Å². The van der Waals surface area contributed by atoms with Crippen LogP contribution in [0.1, 0.15) is 12.5 Å². The summed E-state index contributed by atoms with van der Waals surface area (Å²) in [6.07, 6.45) is -5.60. The third-order valence-corrected chi connectivity index (χ3v) is 6.83. The topological polar surface area (TPSA) is 237 Å². The predicted octanol–water partition coefficient (Wildman–Crippen LogP) is 2.16. The van der Waals surface area contributed by atoms with Gasteiger partial charge < -0.3 is 59.5 Å². The molecule has 0 spiro atoms. The average molecular weight is 611 g/mol. The zero-order valence-corrected chi connectivity index (χ0v) is 22.7. The molecule has 0 bridgehead atoms. The molecule has 4 aromatic rings. The van der Waals surface area contributed by atoms with Gasteiger partial charge in [-0.15, -0.1) is 0 Å². The number of ether oxygens (including phenoxy) is 3. The molecule has 230 valence electrons. The summed E-state index contributed by atoms with van der Waals surface area (Å²) in [5, 5.41) is 80.6. The van der Waals surface area contributed by atoms with Crippen molar-refractivity contribution in [2.24, 2.45) is 0 Å². The van der Waals surface area contributed by atoms with Crippen LogP contribution in [0.2, 0.25) is 0 Å². The van der Waals surface area contributed by atoms with Gasteiger partial charge in [-0.1, -0.05) is 12.1 Å². The average Bonchev–Trinajstić information content (AvgIpc) is 2.97. The number of rotatable bonds is 6. The molecule has 0 unspecified atom stereocenters. The molecule has 14 heteroatoms. The molecule has 5 rings (SSSR count). The molecule has 0 aliphatic carbocycles. The van der Waals surface area contributed by atoms with Crippen molar-refractivity contribution in [1.29, 1.82) is 0 Å². The highest BCUT2D eigenvalue weighted by Gasteiger charge is 2.47. The van der Waals surface area contributed by atoms with Crippen molar-refractivity contribution in [3.05, 3.63) is 70.4 Å². The maximum Gasteiger partial charge on any atom is 0.331 e. The van der Waals surface area contributed by atoms with Gasteiger partial charge in [0, 0.05) is 23.8 Å². The number of aromatic hydroxyl groups is 6. The van der Waals surface area contributed by atoms with Crippen LogP contribution in [0.15, 0.2) is 63.8 Å². The largest absolute Gasteiger partial charge is 0.508 e. The van der Waals surface area contributed by atoms with Crippen LogP contribution in [0.25, 0.3) is 28.4 Å². The van der Waals surface area contributed by atoms with Crippen LogP contribution in [0.3, 0.4) is 0 Å². The lowest BCUT2D eigenvalue weighted by molar-refractivity contribution is -0.272. The molecule has 8 N–H and O–H groups in total. The van der Waals surface area contributed by atoms with Gasteiger partial charge in [-0.2, -0.15) is 0 Å². The highest BCUT2D eigenvalue weighted by molar-refractivity contribution is 5.89. The Morgan fingerprint density at radius 3 is 2.18 bits per heavy atom. The normalized spacial score (nSPS) is 21.8. The Kier molecular flexibility index (Phi) is 7.97. The first-order valence-electron chi connectivity index (χ1n) is 13.0. The maximum atomic E-state index is 13.7. The summed E-state index contributed by atoms with van der Waals surface area (Å²) in [5.41, 5.74) is -1.08. The quantitative estimate of drug-likeness (QED) is 0.0887. The van der Waals surface area contributed by atoms with Gasteiger partial charge in [-0.25, -0.2) is 4.79 Å². The van der Waals surface area contributed by atoms with Crippen LogP contribution in [0.4, 0.5) is 0 Å². The number of hydrogen-bond acceptors (Lipinski definition) is 14. The van der Waals surface area contributed by atoms with Crippen molar-refractivity contribution in [2.75, 3.05) is 0 Å². The Hall–Kier alpha value is -5.44. The van der Waals surface area contributed by atoms with Gasteiger partial charge in [-0.05, 0) is 42.8 Å². The molecule has 0 amide bonds. The number of hydrogen-bond donors (Lipinski definition) is 8. The molecule has 14 nitrogen and oxygen atoms in total. The van der Waals surface area contributed by atoms with Crippen molar-refractivity contribution >= 4 is 23.0 Å². The van der Waals surface area contributed by atoms with Crippen LogP contribution in [-0.4, -0.2) is 77.5 Å². The van der Waals surface area contributed by atoms with Crippen LogP contribution in [0, 0.1) is 0 Å². The SMILES string of the molecule is C[C@@H]1O[C@@H](Oc2c(-c3cc(O)c(O)c(O)c3)oc3cc(O)cc(O)c3c2=O)[C@H](OC(=O)C=Cc2ccc(O)cc2)[C@H](O)[C@H]1O. The van der Waals surface area contributed by atoms with E-state index in [4.69, 9.17) is 18.6 Å². The minimum atomic E-state index is -1.78. The van der Waals surface area contributed by atoms with E-state index in [-0.39, 0.29) is 16.9 Å². The molecule has 1 aliphatic heterocycles. The van der Waals surface area contributed by atoms with Crippen LogP contribution in [0.5, 0.6) is 40.2 Å². The van der Waals surface area contributed by atoms with Gasteiger partial charge in [0.15, 0.2) is 29.1 Å². The van der Waals surface area contributed by atoms with Crippen molar-refractivity contribution in [3.8, 4) is 51.6 Å². The summed E-state index contributed by atoms with van der Waals surface area (Å²) < 4.78 is 22.6. The van der Waals surface area contributed by atoms with E-state index in [9.17, 15) is 50.4 Å². The van der Waals surface area contributed by atoms with Gasteiger partial charge in [0.25, 0.3) is 0 Å². The molecule has 44 heavy (non-hydrogen) atoms. The number of carbonyl (C=O) groups is 1. The zero-order chi connectivity index (χ0) is 31.9. The fourth-order valence-electron chi connectivity index (χ4n) is 4.56. The lowest BCUT2D eigenvalue weighted by atomic mass is 9.99. The number of fused-ring (bicyclic) bond motifs is 1. The number of esters is 1. The Morgan fingerprint density at radius 1 is 0.864 bits per heavy atom. The number of phenolic OH excluding ortho intramolecular Hbond substituents is 6. The molecule has 3 aromatic carbocycles. The summed E-state index contributed by atoms with van der Waals surface area (Å²) in [6, 6.07) is 9.54. The molecule has 5 atom stereocenters. The molecule has 1 aliphatic rings. The smallest absolute Gasteiger partial charge is 0.331 e. The fraction of sp³-hybridized carbons (Fsp3) is 0.200. The molecular formula is C30H26O14. The standard InChI is InChI=1S/C30H26O14/c1-12-23(37)26(40)29(43-21(36)7-4-13-2-5-15(31)6-3-13)30(41-12)44-28-25(39)22-17(33)10-16(32)11-20(22)42-27(28)14-8-18(34)24(38)19(35)9-14/h2-12,23,26,29-35,37-38,40H,1H3/t12-,23-,26+,29+,30-/m0/s1. The Balaban J connectivity index is 1.58. The highest BCUT2D eigenvalue weighted by atomic mass is 16.7.